The molecule has 8 heteroatoms. The van der Waals surface area contributed by atoms with Gasteiger partial charge >= 0.3 is 0 Å². The summed E-state index contributed by atoms with van der Waals surface area (Å²) in [5, 5.41) is 5.03. The number of carbonyl (C=O) groups excluding carboxylic acids is 3. The van der Waals surface area contributed by atoms with E-state index >= 15 is 0 Å². The Kier molecular flexibility index (Phi) is 6.37. The number of benzene rings is 1. The molecule has 0 unspecified atom stereocenters. The van der Waals surface area contributed by atoms with Gasteiger partial charge in [0, 0.05) is 16.2 Å². The summed E-state index contributed by atoms with van der Waals surface area (Å²) in [4.78, 5) is 40.1. The van der Waals surface area contributed by atoms with Crippen LogP contribution in [0.1, 0.15) is 23.0 Å². The normalized spacial score (nSPS) is 11.5. The number of carbonyl (C=O) groups is 3. The van der Waals surface area contributed by atoms with E-state index in [9.17, 15) is 14.4 Å². The highest BCUT2D eigenvalue weighted by Crippen LogP contribution is 2.20. The van der Waals surface area contributed by atoms with Crippen molar-refractivity contribution in [1.29, 1.82) is 0 Å². The third-order valence-corrected chi connectivity index (χ3v) is 3.73. The second-order valence-corrected chi connectivity index (χ2v) is 6.20. The SMILES string of the molecule is C[C@H](N)C(=O)NCC(=O)Nc1ccccc1C(=O)c1cc(Br)ccn1. The molecule has 7 nitrogen and oxygen atoms in total. The maximum Gasteiger partial charge on any atom is 0.243 e. The molecule has 0 fully saturated rings. The fraction of sp³-hybridized carbons (Fsp3) is 0.176. The van der Waals surface area contributed by atoms with Gasteiger partial charge in [-0.15, -0.1) is 0 Å². The monoisotopic (exact) mass is 404 g/mol. The first-order chi connectivity index (χ1) is 11.9. The van der Waals surface area contributed by atoms with Gasteiger partial charge in [-0.2, -0.15) is 0 Å². The van der Waals surface area contributed by atoms with Crippen LogP contribution in [0.25, 0.3) is 0 Å². The molecule has 2 aromatic rings. The number of nitrogens with one attached hydrogen (secondary N) is 2. The number of ketones is 1. The molecule has 0 aliphatic carbocycles. The van der Waals surface area contributed by atoms with Crippen LogP contribution >= 0.6 is 15.9 Å². The molecule has 2 amide bonds. The number of pyridine rings is 1. The first kappa shape index (κ1) is 18.8. The summed E-state index contributed by atoms with van der Waals surface area (Å²) in [7, 11) is 0. The Hall–Kier alpha value is -2.58. The van der Waals surface area contributed by atoms with Crippen LogP contribution in [0.4, 0.5) is 5.69 Å². The molecule has 130 valence electrons. The summed E-state index contributed by atoms with van der Waals surface area (Å²) in [6.07, 6.45) is 1.52. The van der Waals surface area contributed by atoms with Crippen molar-refractivity contribution in [3.63, 3.8) is 0 Å². The highest BCUT2D eigenvalue weighted by atomic mass is 79.9. The predicted octanol–water partition coefficient (Wildman–Crippen LogP) is 1.48. The van der Waals surface area contributed by atoms with Gasteiger partial charge in [0.05, 0.1) is 18.3 Å². The molecule has 0 spiro atoms. The number of anilines is 1. The minimum Gasteiger partial charge on any atom is -0.346 e. The van der Waals surface area contributed by atoms with Gasteiger partial charge in [0.15, 0.2) is 0 Å². The molecule has 1 atom stereocenters. The van der Waals surface area contributed by atoms with Crippen LogP contribution in [0.3, 0.4) is 0 Å². The topological polar surface area (TPSA) is 114 Å². The first-order valence-electron chi connectivity index (χ1n) is 7.47. The minimum absolute atomic E-state index is 0.238. The maximum absolute atomic E-state index is 12.6. The molecule has 1 aromatic heterocycles. The van der Waals surface area contributed by atoms with E-state index in [1.54, 1.807) is 36.4 Å². The highest BCUT2D eigenvalue weighted by Gasteiger charge is 2.17. The van der Waals surface area contributed by atoms with Gasteiger partial charge in [0.25, 0.3) is 0 Å². The lowest BCUT2D eigenvalue weighted by Crippen LogP contribution is -2.42. The van der Waals surface area contributed by atoms with Gasteiger partial charge in [-0.1, -0.05) is 28.1 Å². The highest BCUT2D eigenvalue weighted by molar-refractivity contribution is 9.10. The summed E-state index contributed by atoms with van der Waals surface area (Å²) >= 11 is 3.30. The lowest BCUT2D eigenvalue weighted by atomic mass is 10.1. The Balaban J connectivity index is 2.14. The molecule has 1 heterocycles. The lowest BCUT2D eigenvalue weighted by molar-refractivity contribution is -0.124. The third kappa shape index (κ3) is 5.20. The Bertz CT molecular complexity index is 808. The van der Waals surface area contributed by atoms with Crippen molar-refractivity contribution in [1.82, 2.24) is 10.3 Å². The van der Waals surface area contributed by atoms with E-state index in [1.807, 2.05) is 0 Å². The number of rotatable bonds is 6. The largest absolute Gasteiger partial charge is 0.346 e. The average molecular weight is 405 g/mol. The molecule has 0 saturated heterocycles. The van der Waals surface area contributed by atoms with Crippen molar-refractivity contribution in [3.05, 3.63) is 58.3 Å². The molecular weight excluding hydrogens is 388 g/mol. The van der Waals surface area contributed by atoms with Gasteiger partial charge in [-0.05, 0) is 31.2 Å². The zero-order chi connectivity index (χ0) is 18.4. The van der Waals surface area contributed by atoms with Crippen LogP contribution in [-0.4, -0.2) is 35.2 Å². The van der Waals surface area contributed by atoms with Crippen molar-refractivity contribution in [2.75, 3.05) is 11.9 Å². The minimum atomic E-state index is -0.704. The first-order valence-corrected chi connectivity index (χ1v) is 8.26. The van der Waals surface area contributed by atoms with Gasteiger partial charge in [-0.3, -0.25) is 19.4 Å². The van der Waals surface area contributed by atoms with E-state index in [1.165, 1.54) is 13.1 Å². The van der Waals surface area contributed by atoms with Gasteiger partial charge < -0.3 is 16.4 Å². The molecule has 0 radical (unpaired) electrons. The Morgan fingerprint density at radius 1 is 1.24 bits per heavy atom. The van der Waals surface area contributed by atoms with Crippen LogP contribution in [0.15, 0.2) is 47.1 Å². The maximum atomic E-state index is 12.6. The fourth-order valence-corrected chi connectivity index (χ4v) is 2.31. The number of hydrogen-bond donors (Lipinski definition) is 3. The number of hydrogen-bond acceptors (Lipinski definition) is 5. The fourth-order valence-electron chi connectivity index (χ4n) is 1.98. The molecule has 1 aromatic carbocycles. The van der Waals surface area contributed by atoms with E-state index in [4.69, 9.17) is 5.73 Å². The van der Waals surface area contributed by atoms with Crippen molar-refractivity contribution in [2.24, 2.45) is 5.73 Å². The third-order valence-electron chi connectivity index (χ3n) is 3.24. The summed E-state index contributed by atoms with van der Waals surface area (Å²) in [6, 6.07) is 9.21. The second kappa shape index (κ2) is 8.50. The average Bonchev–Trinajstić information content (AvgIpc) is 2.59. The van der Waals surface area contributed by atoms with Crippen molar-refractivity contribution < 1.29 is 14.4 Å². The van der Waals surface area contributed by atoms with Crippen LogP contribution in [0.5, 0.6) is 0 Å². The zero-order valence-corrected chi connectivity index (χ0v) is 15.0. The van der Waals surface area contributed by atoms with Gasteiger partial charge in [-0.25, -0.2) is 0 Å². The summed E-state index contributed by atoms with van der Waals surface area (Å²) in [5.41, 5.74) is 6.31. The molecule has 0 aliphatic rings. The Morgan fingerprint density at radius 3 is 2.64 bits per heavy atom. The van der Waals surface area contributed by atoms with Crippen LogP contribution in [0, 0.1) is 0 Å². The molecule has 25 heavy (non-hydrogen) atoms. The molecule has 0 bridgehead atoms. The Morgan fingerprint density at radius 2 is 1.96 bits per heavy atom. The number of para-hydroxylation sites is 1. The Labute approximate surface area is 153 Å². The van der Waals surface area contributed by atoms with E-state index in [0.29, 0.717) is 11.3 Å². The molecule has 0 saturated carbocycles. The number of halogens is 1. The van der Waals surface area contributed by atoms with Crippen molar-refractivity contribution in [3.8, 4) is 0 Å². The lowest BCUT2D eigenvalue weighted by Gasteiger charge is -2.11. The van der Waals surface area contributed by atoms with Crippen molar-refractivity contribution in [2.45, 2.75) is 13.0 Å². The zero-order valence-electron chi connectivity index (χ0n) is 13.5. The van der Waals surface area contributed by atoms with E-state index in [0.717, 1.165) is 4.47 Å². The predicted molar refractivity (Wildman–Crippen MR) is 97.1 cm³/mol. The summed E-state index contributed by atoms with van der Waals surface area (Å²) in [5.74, 6) is -1.22. The molecule has 2 rings (SSSR count). The number of amides is 2. The van der Waals surface area contributed by atoms with Crippen LogP contribution < -0.4 is 16.4 Å². The van der Waals surface area contributed by atoms with Gasteiger partial charge in [0.2, 0.25) is 17.6 Å². The summed E-state index contributed by atoms with van der Waals surface area (Å²) < 4.78 is 0.728. The second-order valence-electron chi connectivity index (χ2n) is 5.29. The molecule has 4 N–H and O–H groups in total. The van der Waals surface area contributed by atoms with E-state index in [-0.39, 0.29) is 18.0 Å². The van der Waals surface area contributed by atoms with Crippen LogP contribution in [0.2, 0.25) is 0 Å². The van der Waals surface area contributed by atoms with Gasteiger partial charge in [0.1, 0.15) is 5.69 Å². The number of nitrogens with zero attached hydrogens (tertiary/aromatic N) is 1. The molecular formula is C17H17BrN4O3. The van der Waals surface area contributed by atoms with E-state index < -0.39 is 17.9 Å². The number of nitrogens with two attached hydrogens (primary N) is 1. The standard InChI is InChI=1S/C17H17BrN4O3/c1-10(19)17(25)21-9-15(23)22-13-5-3-2-4-12(13)16(24)14-8-11(18)6-7-20-14/h2-8,10H,9,19H2,1H3,(H,21,25)(H,22,23)/t10-/m0/s1. The van der Waals surface area contributed by atoms with E-state index in [2.05, 4.69) is 31.5 Å². The summed E-state index contributed by atoms with van der Waals surface area (Å²) in [6.45, 7) is 1.28. The molecule has 0 aliphatic heterocycles. The van der Waals surface area contributed by atoms with Crippen molar-refractivity contribution >= 4 is 39.2 Å². The number of aromatic nitrogens is 1. The quantitative estimate of drug-likeness (QED) is 0.630. The smallest absolute Gasteiger partial charge is 0.243 e. The van der Waals surface area contributed by atoms with Crippen LogP contribution in [-0.2, 0) is 9.59 Å².